The molecule has 90 valence electrons. The van der Waals surface area contributed by atoms with E-state index in [2.05, 4.69) is 4.98 Å². The van der Waals surface area contributed by atoms with Gasteiger partial charge in [-0.3, -0.25) is 4.79 Å². The van der Waals surface area contributed by atoms with Crippen LogP contribution in [0.25, 0.3) is 0 Å². The molecule has 0 bridgehead atoms. The summed E-state index contributed by atoms with van der Waals surface area (Å²) < 4.78 is 25.4. The zero-order chi connectivity index (χ0) is 12.3. The van der Waals surface area contributed by atoms with Crippen molar-refractivity contribution in [2.45, 2.75) is 5.92 Å². The molecular weight excluding hydrogens is 263 g/mol. The number of hydrogen-bond donors (Lipinski definition) is 3. The minimum Gasteiger partial charge on any atom is -0.345 e. The predicted molar refractivity (Wildman–Crippen MR) is 57.1 cm³/mol. The van der Waals surface area contributed by atoms with E-state index in [-0.39, 0.29) is 15.9 Å². The Kier molecular flexibility index (Phi) is 4.12. The number of nitrogens with one attached hydrogen (secondary N) is 2. The van der Waals surface area contributed by atoms with Gasteiger partial charge in [0.05, 0.1) is 18.1 Å². The number of hydrogen-bond acceptors (Lipinski definition) is 2. The molecule has 16 heavy (non-hydrogen) atoms. The number of H-pyrrole nitrogens is 1. The number of aromatic amines is 1. The van der Waals surface area contributed by atoms with Crippen LogP contribution in [0.4, 0.5) is 8.78 Å². The van der Waals surface area contributed by atoms with Gasteiger partial charge in [-0.15, -0.1) is 0 Å². The molecule has 0 aromatic carbocycles. The van der Waals surface area contributed by atoms with E-state index in [1.165, 1.54) is 6.07 Å². The Morgan fingerprint density at radius 1 is 1.56 bits per heavy atom. The molecule has 1 amide bonds. The number of alkyl halides is 2. The Balaban J connectivity index is 2.60. The molecular formula is C8H9Cl2F2N3O. The maximum atomic E-state index is 12.7. The molecule has 1 heterocycles. The van der Waals surface area contributed by atoms with Crippen LogP contribution >= 0.6 is 23.2 Å². The maximum absolute atomic E-state index is 12.7. The van der Waals surface area contributed by atoms with Gasteiger partial charge in [-0.2, -0.15) is 0 Å². The fourth-order valence-electron chi connectivity index (χ4n) is 0.903. The number of rotatable bonds is 4. The van der Waals surface area contributed by atoms with E-state index in [1.807, 2.05) is 5.32 Å². The third-order valence-corrected chi connectivity index (χ3v) is 2.47. The van der Waals surface area contributed by atoms with Crippen molar-refractivity contribution < 1.29 is 13.6 Å². The molecule has 0 spiro atoms. The molecule has 0 radical (unpaired) electrons. The Labute approximate surface area is 100 Å². The fourth-order valence-corrected chi connectivity index (χ4v) is 1.22. The first-order valence-corrected chi connectivity index (χ1v) is 5.01. The van der Waals surface area contributed by atoms with Crippen molar-refractivity contribution >= 4 is 29.1 Å². The summed E-state index contributed by atoms with van der Waals surface area (Å²) in [4.78, 5) is 13.8. The van der Waals surface area contributed by atoms with Gasteiger partial charge in [0, 0.05) is 0 Å². The SMILES string of the molecule is NCC(F)(F)CNC(=O)c1cc(Cl)c(Cl)[nH]1. The van der Waals surface area contributed by atoms with E-state index in [0.717, 1.165) is 0 Å². The first kappa shape index (κ1) is 13.2. The lowest BCUT2D eigenvalue weighted by atomic mass is 10.3. The Morgan fingerprint density at radius 2 is 2.19 bits per heavy atom. The minimum atomic E-state index is -3.13. The summed E-state index contributed by atoms with van der Waals surface area (Å²) in [7, 11) is 0. The van der Waals surface area contributed by atoms with Crippen LogP contribution < -0.4 is 11.1 Å². The quantitative estimate of drug-likeness (QED) is 0.779. The number of nitrogens with two attached hydrogens (primary N) is 1. The monoisotopic (exact) mass is 271 g/mol. The summed E-state index contributed by atoms with van der Waals surface area (Å²) in [5, 5.41) is 2.24. The molecule has 0 atom stereocenters. The highest BCUT2D eigenvalue weighted by Gasteiger charge is 2.27. The zero-order valence-electron chi connectivity index (χ0n) is 7.99. The van der Waals surface area contributed by atoms with Crippen molar-refractivity contribution in [1.82, 2.24) is 10.3 Å². The molecule has 1 aromatic heterocycles. The lowest BCUT2D eigenvalue weighted by Crippen LogP contribution is -2.41. The fraction of sp³-hybridized carbons (Fsp3) is 0.375. The molecule has 0 fully saturated rings. The van der Waals surface area contributed by atoms with Gasteiger partial charge < -0.3 is 16.0 Å². The van der Waals surface area contributed by atoms with E-state index in [1.54, 1.807) is 0 Å². The van der Waals surface area contributed by atoms with E-state index in [9.17, 15) is 13.6 Å². The van der Waals surface area contributed by atoms with Gasteiger partial charge in [0.1, 0.15) is 10.8 Å². The molecule has 4 N–H and O–H groups in total. The number of carbonyl (C=O) groups excluding carboxylic acids is 1. The average Bonchev–Trinajstić information content (AvgIpc) is 2.56. The predicted octanol–water partition coefficient (Wildman–Crippen LogP) is 1.65. The van der Waals surface area contributed by atoms with Crippen molar-refractivity contribution in [2.75, 3.05) is 13.1 Å². The third-order valence-electron chi connectivity index (χ3n) is 1.78. The van der Waals surface area contributed by atoms with Crippen LogP contribution in [-0.4, -0.2) is 29.9 Å². The van der Waals surface area contributed by atoms with Gasteiger partial charge in [0.15, 0.2) is 0 Å². The van der Waals surface area contributed by atoms with Crippen LogP contribution in [0.1, 0.15) is 10.5 Å². The molecule has 0 unspecified atom stereocenters. The molecule has 1 rings (SSSR count). The van der Waals surface area contributed by atoms with Gasteiger partial charge in [-0.25, -0.2) is 8.78 Å². The first-order valence-electron chi connectivity index (χ1n) is 4.26. The van der Waals surface area contributed by atoms with Crippen molar-refractivity contribution in [3.05, 3.63) is 21.9 Å². The lowest BCUT2D eigenvalue weighted by molar-refractivity contribution is 0.0118. The topological polar surface area (TPSA) is 70.9 Å². The number of aromatic nitrogens is 1. The second-order valence-corrected chi connectivity index (χ2v) is 3.87. The number of carbonyl (C=O) groups is 1. The lowest BCUT2D eigenvalue weighted by Gasteiger charge is -2.13. The van der Waals surface area contributed by atoms with Crippen LogP contribution in [0.15, 0.2) is 6.07 Å². The number of amides is 1. The third kappa shape index (κ3) is 3.33. The summed E-state index contributed by atoms with van der Waals surface area (Å²) in [5.41, 5.74) is 4.82. The molecule has 8 heteroatoms. The standard InChI is InChI=1S/C8H9Cl2F2N3O/c9-4-1-5(15-6(4)10)7(16)14-3-8(11,12)2-13/h1,15H,2-3,13H2,(H,14,16). The van der Waals surface area contributed by atoms with Crippen LogP contribution in [0.3, 0.4) is 0 Å². The second kappa shape index (κ2) is 4.99. The highest BCUT2D eigenvalue weighted by molar-refractivity contribution is 6.41. The summed E-state index contributed by atoms with van der Waals surface area (Å²) in [5.74, 6) is -3.85. The molecule has 0 saturated heterocycles. The van der Waals surface area contributed by atoms with Crippen LogP contribution in [0.5, 0.6) is 0 Å². The average molecular weight is 272 g/mol. The van der Waals surface area contributed by atoms with Crippen molar-refractivity contribution in [3.8, 4) is 0 Å². The Hall–Kier alpha value is -0.850. The van der Waals surface area contributed by atoms with Crippen molar-refractivity contribution in [2.24, 2.45) is 5.73 Å². The van der Waals surface area contributed by atoms with Gasteiger partial charge in [-0.1, -0.05) is 23.2 Å². The highest BCUT2D eigenvalue weighted by atomic mass is 35.5. The second-order valence-electron chi connectivity index (χ2n) is 3.09. The van der Waals surface area contributed by atoms with Gasteiger partial charge in [0.2, 0.25) is 0 Å². The maximum Gasteiger partial charge on any atom is 0.277 e. The number of halogens is 4. The summed E-state index contributed by atoms with van der Waals surface area (Å²) in [6.45, 7) is -1.67. The Bertz CT molecular complexity index is 375. The van der Waals surface area contributed by atoms with Gasteiger partial charge in [-0.05, 0) is 6.07 Å². The normalized spacial score (nSPS) is 11.6. The Morgan fingerprint density at radius 3 is 2.62 bits per heavy atom. The van der Waals surface area contributed by atoms with E-state index >= 15 is 0 Å². The summed E-state index contributed by atoms with van der Waals surface area (Å²) in [6, 6.07) is 1.25. The van der Waals surface area contributed by atoms with E-state index in [4.69, 9.17) is 28.9 Å². The molecule has 0 aliphatic rings. The van der Waals surface area contributed by atoms with Crippen molar-refractivity contribution in [1.29, 1.82) is 0 Å². The molecule has 0 aliphatic carbocycles. The van der Waals surface area contributed by atoms with E-state index in [0.29, 0.717) is 0 Å². The molecule has 0 saturated carbocycles. The van der Waals surface area contributed by atoms with Crippen LogP contribution in [-0.2, 0) is 0 Å². The van der Waals surface area contributed by atoms with Crippen molar-refractivity contribution in [3.63, 3.8) is 0 Å². The van der Waals surface area contributed by atoms with Gasteiger partial charge >= 0.3 is 0 Å². The van der Waals surface area contributed by atoms with E-state index < -0.39 is 24.9 Å². The van der Waals surface area contributed by atoms with Crippen LogP contribution in [0, 0.1) is 0 Å². The molecule has 1 aromatic rings. The summed E-state index contributed by atoms with van der Waals surface area (Å²) in [6.07, 6.45) is 0. The van der Waals surface area contributed by atoms with Crippen LogP contribution in [0.2, 0.25) is 10.2 Å². The first-order chi connectivity index (χ1) is 7.35. The molecule has 0 aliphatic heterocycles. The summed E-state index contributed by atoms with van der Waals surface area (Å²) >= 11 is 11.1. The zero-order valence-corrected chi connectivity index (χ0v) is 9.50. The minimum absolute atomic E-state index is 0.0165. The largest absolute Gasteiger partial charge is 0.345 e. The molecule has 4 nitrogen and oxygen atoms in total. The smallest absolute Gasteiger partial charge is 0.277 e. The highest BCUT2D eigenvalue weighted by Crippen LogP contribution is 2.21. The van der Waals surface area contributed by atoms with Gasteiger partial charge in [0.25, 0.3) is 11.8 Å².